The highest BCUT2D eigenvalue weighted by molar-refractivity contribution is 7.89. The molecule has 0 amide bonds. The van der Waals surface area contributed by atoms with Gasteiger partial charge in [0.15, 0.2) is 0 Å². The van der Waals surface area contributed by atoms with E-state index in [2.05, 4.69) is 9.97 Å². The lowest BCUT2D eigenvalue weighted by Gasteiger charge is -2.21. The number of fused-ring (bicyclic) bond motifs is 2. The predicted molar refractivity (Wildman–Crippen MR) is 143 cm³/mol. The minimum atomic E-state index is -3.51. The third-order valence-electron chi connectivity index (χ3n) is 5.81. The number of nitrogens with zero attached hydrogens (tertiary/aromatic N) is 3. The van der Waals surface area contributed by atoms with Gasteiger partial charge in [0.1, 0.15) is 10.3 Å². The molecule has 1 aliphatic rings. The van der Waals surface area contributed by atoms with Crippen molar-refractivity contribution in [1.29, 1.82) is 0 Å². The number of pyridine rings is 2. The van der Waals surface area contributed by atoms with E-state index in [9.17, 15) is 8.42 Å². The Morgan fingerprint density at radius 1 is 0.882 bits per heavy atom. The third-order valence-corrected chi connectivity index (χ3v) is 9.02. The summed E-state index contributed by atoms with van der Waals surface area (Å²) in [5.74, 6) is 0. The second-order valence-electron chi connectivity index (χ2n) is 8.16. The van der Waals surface area contributed by atoms with E-state index in [1.807, 2.05) is 32.0 Å². The standard InChI is InChI=1S/C14H14Cl2N2O2S.C10H7Cl2N.H2/c1-9-3-2-6-18(9)21(19,20)10-4-5-11-12(7-10)14(16)17-8-13(11)15;1-6-2-3-7-8(4-6)10(12)13-5-9(7)11;/h4-5,7-9H,2-3,6H2,1H3;2-5H,1H3;1H/t9-;;/m0../s1/i;;1+1. The Kier molecular flexibility index (Phi) is 7.58. The van der Waals surface area contributed by atoms with Crippen LogP contribution in [0.25, 0.3) is 21.5 Å². The Morgan fingerprint density at radius 3 is 2.00 bits per heavy atom. The number of hydrogen-bond donors (Lipinski definition) is 0. The highest BCUT2D eigenvalue weighted by Crippen LogP contribution is 2.32. The molecule has 1 atom stereocenters. The van der Waals surface area contributed by atoms with Crippen LogP contribution >= 0.6 is 46.4 Å². The molecule has 2 aromatic carbocycles. The monoisotopic (exact) mass is 558 g/mol. The van der Waals surface area contributed by atoms with Crippen molar-refractivity contribution in [2.75, 3.05) is 6.54 Å². The van der Waals surface area contributed by atoms with Crippen molar-refractivity contribution in [3.05, 3.63) is 74.7 Å². The Morgan fingerprint density at radius 2 is 1.44 bits per heavy atom. The van der Waals surface area contributed by atoms with Gasteiger partial charge in [-0.25, -0.2) is 18.4 Å². The fourth-order valence-electron chi connectivity index (χ4n) is 4.00. The van der Waals surface area contributed by atoms with Crippen molar-refractivity contribution < 1.29 is 9.84 Å². The zero-order valence-electron chi connectivity index (χ0n) is 18.4. The minimum Gasteiger partial charge on any atom is -0.242 e. The number of aryl methyl sites for hydroxylation is 1. The van der Waals surface area contributed by atoms with Gasteiger partial charge in [-0.3, -0.25) is 0 Å². The topological polar surface area (TPSA) is 63.2 Å². The van der Waals surface area contributed by atoms with E-state index in [0.29, 0.717) is 32.5 Å². The van der Waals surface area contributed by atoms with Crippen LogP contribution < -0.4 is 0 Å². The number of aromatic nitrogens is 2. The summed E-state index contributed by atoms with van der Waals surface area (Å²) in [7, 11) is -3.51. The molecule has 5 rings (SSSR count). The fourth-order valence-corrected chi connectivity index (χ4v) is 6.57. The van der Waals surface area contributed by atoms with Crippen molar-refractivity contribution in [3.63, 3.8) is 0 Å². The SMILES string of the molecule is C[C@H]1CCCN1S(=O)(=O)c1ccc2c(Cl)cnc(Cl)c2c1.Cc1ccc2c(Cl)cnc(Cl)c2c1.[2HH]. The van der Waals surface area contributed by atoms with Crippen LogP contribution in [0.15, 0.2) is 53.7 Å². The van der Waals surface area contributed by atoms with Gasteiger partial charge >= 0.3 is 0 Å². The van der Waals surface area contributed by atoms with Gasteiger partial charge < -0.3 is 0 Å². The van der Waals surface area contributed by atoms with E-state index in [1.165, 1.54) is 6.20 Å². The van der Waals surface area contributed by atoms with Gasteiger partial charge in [0, 0.05) is 48.0 Å². The first-order valence-electron chi connectivity index (χ1n) is 10.6. The molecule has 180 valence electrons. The van der Waals surface area contributed by atoms with E-state index in [-0.39, 0.29) is 17.5 Å². The van der Waals surface area contributed by atoms with Crippen molar-refractivity contribution in [2.24, 2.45) is 0 Å². The summed E-state index contributed by atoms with van der Waals surface area (Å²) >= 11 is 24.0. The lowest BCUT2D eigenvalue weighted by Crippen LogP contribution is -2.33. The average Bonchev–Trinajstić information content (AvgIpc) is 3.26. The molecule has 10 heteroatoms. The molecule has 2 aromatic heterocycles. The molecule has 34 heavy (non-hydrogen) atoms. The maximum absolute atomic E-state index is 12.7. The van der Waals surface area contributed by atoms with Crippen molar-refractivity contribution in [2.45, 2.75) is 37.6 Å². The lowest BCUT2D eigenvalue weighted by atomic mass is 10.1. The van der Waals surface area contributed by atoms with Crippen LogP contribution in [0.2, 0.25) is 20.4 Å². The second-order valence-corrected chi connectivity index (χ2v) is 11.6. The van der Waals surface area contributed by atoms with Gasteiger partial charge in [0.05, 0.1) is 14.9 Å². The van der Waals surface area contributed by atoms with E-state index >= 15 is 0 Å². The summed E-state index contributed by atoms with van der Waals surface area (Å²) < 4.78 is 27.0. The summed E-state index contributed by atoms with van der Waals surface area (Å²) in [5.41, 5.74) is 1.15. The van der Waals surface area contributed by atoms with Gasteiger partial charge in [0.25, 0.3) is 0 Å². The fraction of sp³-hybridized carbons (Fsp3) is 0.250. The van der Waals surface area contributed by atoms with Crippen molar-refractivity contribution in [3.8, 4) is 0 Å². The Labute approximate surface area is 220 Å². The van der Waals surface area contributed by atoms with Gasteiger partial charge in [-0.05, 0) is 44.9 Å². The maximum Gasteiger partial charge on any atom is 0.243 e. The van der Waals surface area contributed by atoms with Crippen LogP contribution in [0.4, 0.5) is 0 Å². The molecular weight excluding hydrogens is 536 g/mol. The lowest BCUT2D eigenvalue weighted by molar-refractivity contribution is 0.408. The maximum atomic E-state index is 12.7. The van der Waals surface area contributed by atoms with Crippen molar-refractivity contribution >= 4 is 78.0 Å². The summed E-state index contributed by atoms with van der Waals surface area (Å²) in [6.45, 7) is 4.50. The smallest absolute Gasteiger partial charge is 0.242 e. The number of benzene rings is 2. The van der Waals surface area contributed by atoms with Crippen LogP contribution in [0.3, 0.4) is 0 Å². The molecule has 0 radical (unpaired) electrons. The summed E-state index contributed by atoms with van der Waals surface area (Å²) in [6.07, 6.45) is 4.81. The first-order valence-corrected chi connectivity index (χ1v) is 13.5. The molecule has 0 saturated carbocycles. The molecule has 0 aliphatic carbocycles. The molecule has 0 N–H and O–H groups in total. The van der Waals surface area contributed by atoms with Crippen molar-refractivity contribution in [1.82, 2.24) is 14.3 Å². The van der Waals surface area contributed by atoms with Gasteiger partial charge in [-0.15, -0.1) is 0 Å². The van der Waals surface area contributed by atoms with Gasteiger partial charge in [-0.2, -0.15) is 4.31 Å². The summed E-state index contributed by atoms with van der Waals surface area (Å²) in [5, 5.41) is 4.96. The molecule has 0 bridgehead atoms. The quantitative estimate of drug-likeness (QED) is 0.235. The van der Waals surface area contributed by atoms with E-state index in [4.69, 9.17) is 46.4 Å². The zero-order chi connectivity index (χ0) is 24.6. The van der Waals surface area contributed by atoms with Gasteiger partial charge in [0.2, 0.25) is 10.0 Å². The third kappa shape index (κ3) is 4.99. The largest absolute Gasteiger partial charge is 0.243 e. The Hall–Kier alpha value is -1.67. The minimum absolute atomic E-state index is 0. The van der Waals surface area contributed by atoms with E-state index < -0.39 is 10.0 Å². The Balaban J connectivity index is 0.000000211. The van der Waals surface area contributed by atoms with Gasteiger partial charge in [-0.1, -0.05) is 70.2 Å². The molecule has 0 unspecified atom stereocenters. The first-order chi connectivity index (χ1) is 16.1. The molecule has 5 nitrogen and oxygen atoms in total. The highest BCUT2D eigenvalue weighted by atomic mass is 35.5. The number of rotatable bonds is 2. The molecule has 1 aliphatic heterocycles. The van der Waals surface area contributed by atoms with Crippen LogP contribution in [0, 0.1) is 6.92 Å². The second kappa shape index (κ2) is 10.1. The molecule has 0 spiro atoms. The zero-order valence-corrected chi connectivity index (χ0v) is 22.2. The number of halogens is 4. The normalized spacial score (nSPS) is 16.6. The number of hydrogen-bond acceptors (Lipinski definition) is 4. The van der Waals surface area contributed by atoms with Crippen LogP contribution in [0.1, 0.15) is 26.8 Å². The van der Waals surface area contributed by atoms with Crippen LogP contribution in [0.5, 0.6) is 0 Å². The average molecular weight is 560 g/mol. The molecule has 3 heterocycles. The van der Waals surface area contributed by atoms with Crippen LogP contribution in [-0.2, 0) is 10.0 Å². The number of sulfonamides is 1. The molecular formula is C24H23Cl4N3O2S. The Bertz CT molecular complexity index is 1500. The van der Waals surface area contributed by atoms with Crippen LogP contribution in [-0.4, -0.2) is 35.3 Å². The summed E-state index contributed by atoms with van der Waals surface area (Å²) in [4.78, 5) is 8.18. The van der Waals surface area contributed by atoms with E-state index in [0.717, 1.165) is 29.2 Å². The molecule has 4 aromatic rings. The molecule has 1 fully saturated rings. The van der Waals surface area contributed by atoms with E-state index in [1.54, 1.807) is 28.7 Å². The summed E-state index contributed by atoms with van der Waals surface area (Å²) in [6, 6.07) is 10.8. The first kappa shape index (κ1) is 25.4. The highest BCUT2D eigenvalue weighted by Gasteiger charge is 2.32. The predicted octanol–water partition coefficient (Wildman–Crippen LogP) is 7.81. The molecule has 1 saturated heterocycles.